The van der Waals surface area contributed by atoms with E-state index >= 15 is 0 Å². The zero-order valence-electron chi connectivity index (χ0n) is 9.57. The average molecular weight is 314 g/mol. The first-order valence-corrected chi connectivity index (χ1v) is 7.51. The first-order chi connectivity index (χ1) is 8.01. The number of hydrogen-bond donors (Lipinski definition) is 4. The topological polar surface area (TPSA) is 108 Å². The monoisotopic (exact) mass is 315 g/mol. The molecule has 5 atom stereocenters. The Balaban J connectivity index is 2.78. The van der Waals surface area contributed by atoms with E-state index in [1.165, 1.54) is 6.92 Å². The number of aliphatic hydroxyl groups is 3. The average Bonchev–Trinajstić information content (AvgIpc) is 2.28. The Morgan fingerprint density at radius 1 is 1.47 bits per heavy atom. The minimum atomic E-state index is -1.26. The van der Waals surface area contributed by atoms with E-state index in [0.29, 0.717) is 0 Å². The Morgan fingerprint density at radius 3 is 2.59 bits per heavy atom. The first-order valence-electron chi connectivity index (χ1n) is 5.10. The van der Waals surface area contributed by atoms with Crippen molar-refractivity contribution in [2.24, 2.45) is 0 Å². The second kappa shape index (κ2) is 6.65. The predicted molar refractivity (Wildman–Crippen MR) is 58.1 cm³/mol. The third-order valence-corrected chi connectivity index (χ3v) is 3.24. The molecule has 8 heteroatoms. The summed E-state index contributed by atoms with van der Waals surface area (Å²) in [5, 5.41) is 31.0. The number of ether oxygens (including phenoxy) is 1. The molecule has 0 spiro atoms. The summed E-state index contributed by atoms with van der Waals surface area (Å²) in [6.07, 6.45) is -4.28. The quantitative estimate of drug-likeness (QED) is 0.431. The summed E-state index contributed by atoms with van der Waals surface area (Å²) in [6.45, 7) is 0.868. The van der Waals surface area contributed by atoms with Crippen LogP contribution < -0.4 is 5.32 Å². The summed E-state index contributed by atoms with van der Waals surface area (Å²) < 4.78 is 10.6. The van der Waals surface area contributed by atoms with E-state index in [9.17, 15) is 15.0 Å². The zero-order chi connectivity index (χ0) is 13.0. The number of amides is 1. The molecule has 0 bridgehead atoms. The molecule has 7 nitrogen and oxygen atoms in total. The van der Waals surface area contributed by atoms with Crippen molar-refractivity contribution < 1.29 is 28.7 Å². The molecule has 0 radical (unpaired) electrons. The van der Waals surface area contributed by atoms with E-state index in [-0.39, 0.29) is 21.2 Å². The molecule has 1 unspecified atom stereocenters. The summed E-state index contributed by atoms with van der Waals surface area (Å²) in [4.78, 5) is 11.0. The molecule has 4 N–H and O–H groups in total. The Hall–Kier alpha value is -0.211. The molecule has 0 saturated carbocycles. The van der Waals surface area contributed by atoms with Crippen LogP contribution in [-0.4, -0.2) is 73.8 Å². The van der Waals surface area contributed by atoms with Crippen molar-refractivity contribution >= 4 is 21.2 Å². The van der Waals surface area contributed by atoms with Crippen LogP contribution in [0.1, 0.15) is 6.92 Å². The summed E-state index contributed by atoms with van der Waals surface area (Å²) in [5.74, 6) is 1.44. The molecule has 1 rings (SSSR count). The third-order valence-electron chi connectivity index (χ3n) is 2.44. The number of nitrogens with one attached hydrogen (secondary N) is 1. The van der Waals surface area contributed by atoms with Crippen LogP contribution in [0.4, 0.5) is 0 Å². The number of hydrogen-bond acceptors (Lipinski definition) is 6. The van der Waals surface area contributed by atoms with Crippen molar-refractivity contribution in [2.75, 3.05) is 6.61 Å². The maximum absolute atomic E-state index is 11.0. The fourth-order valence-corrected chi connectivity index (χ4v) is 2.39. The molecule has 1 heterocycles. The van der Waals surface area contributed by atoms with Gasteiger partial charge in [-0.25, -0.2) is 0 Å². The molecular weight excluding hydrogens is 297 g/mol. The van der Waals surface area contributed by atoms with Gasteiger partial charge in [-0.1, -0.05) is 0 Å². The van der Waals surface area contributed by atoms with Gasteiger partial charge in [0.05, 0.1) is 0 Å². The van der Waals surface area contributed by atoms with Crippen LogP contribution in [0.5, 0.6) is 0 Å². The Bertz CT molecular complexity index is 266. The van der Waals surface area contributed by atoms with Gasteiger partial charge in [0.25, 0.3) is 0 Å². The van der Waals surface area contributed by atoms with Gasteiger partial charge >= 0.3 is 105 Å². The summed E-state index contributed by atoms with van der Waals surface area (Å²) in [6, 6.07) is -0.841. The number of carbonyl (C=O) groups is 1. The minimum absolute atomic E-state index is 0.191. The second-order valence-electron chi connectivity index (χ2n) is 3.70. The molecule has 0 aliphatic carbocycles. The number of rotatable bonds is 4. The fourth-order valence-electron chi connectivity index (χ4n) is 1.65. The van der Waals surface area contributed by atoms with Crippen molar-refractivity contribution in [2.45, 2.75) is 43.4 Å². The van der Waals surface area contributed by atoms with Crippen molar-refractivity contribution in [3.63, 3.8) is 0 Å². The van der Waals surface area contributed by atoms with Crippen LogP contribution >= 0.6 is 0 Å². The van der Waals surface area contributed by atoms with Gasteiger partial charge < -0.3 is 0 Å². The summed E-state index contributed by atoms with van der Waals surface area (Å²) >= 11 is -0.191. The number of aliphatic hydroxyl groups excluding tert-OH is 3. The van der Waals surface area contributed by atoms with Crippen molar-refractivity contribution in [1.82, 2.24) is 5.32 Å². The normalized spacial score (nSPS) is 37.8. The fraction of sp³-hybridized carbons (Fsp3) is 0.889. The van der Waals surface area contributed by atoms with Gasteiger partial charge in [-0.05, 0) is 0 Å². The van der Waals surface area contributed by atoms with Crippen LogP contribution in [0.2, 0.25) is 5.82 Å². The standard InChI is InChI=1S/C9H17NO6Se/c1-4(12)10-6-8(14)7(13)5(3-11)15-9(6)16-17-2/h5-9,11,13-14H,3H2,1-2H3,(H,10,12)/t5-,6-,7+,8-,9?/m1/s1. The Morgan fingerprint density at radius 2 is 2.12 bits per heavy atom. The van der Waals surface area contributed by atoms with Crippen LogP contribution in [0.25, 0.3) is 0 Å². The van der Waals surface area contributed by atoms with Gasteiger partial charge in [-0.2, -0.15) is 0 Å². The molecule has 100 valence electrons. The van der Waals surface area contributed by atoms with E-state index in [0.717, 1.165) is 0 Å². The molecule has 0 aromatic carbocycles. The SMILES string of the molecule is C[Se]OC1O[C@H](CO)[C@H](O)[C@H](O)[C@H]1NC(C)=O. The van der Waals surface area contributed by atoms with Gasteiger partial charge in [-0.15, -0.1) is 0 Å². The second-order valence-corrected chi connectivity index (χ2v) is 4.80. The molecule has 1 amide bonds. The zero-order valence-corrected chi connectivity index (χ0v) is 11.3. The van der Waals surface area contributed by atoms with Gasteiger partial charge in [0.1, 0.15) is 0 Å². The van der Waals surface area contributed by atoms with Crippen LogP contribution in [0.15, 0.2) is 0 Å². The molecule has 1 saturated heterocycles. The Kier molecular flexibility index (Phi) is 5.81. The van der Waals surface area contributed by atoms with Crippen molar-refractivity contribution in [3.8, 4) is 0 Å². The maximum atomic E-state index is 11.0. The molecule has 17 heavy (non-hydrogen) atoms. The van der Waals surface area contributed by atoms with Crippen LogP contribution in [0.3, 0.4) is 0 Å². The Labute approximate surface area is 106 Å². The van der Waals surface area contributed by atoms with E-state index in [1.54, 1.807) is 5.82 Å². The van der Waals surface area contributed by atoms with Crippen LogP contribution in [-0.2, 0) is 13.4 Å². The van der Waals surface area contributed by atoms with Crippen LogP contribution in [0, 0.1) is 0 Å². The molecule has 1 fully saturated rings. The van der Waals surface area contributed by atoms with Gasteiger partial charge in [0.2, 0.25) is 0 Å². The van der Waals surface area contributed by atoms with Crippen molar-refractivity contribution in [3.05, 3.63) is 0 Å². The first kappa shape index (κ1) is 14.8. The van der Waals surface area contributed by atoms with E-state index in [4.69, 9.17) is 13.7 Å². The van der Waals surface area contributed by atoms with E-state index in [2.05, 4.69) is 5.32 Å². The van der Waals surface area contributed by atoms with Crippen molar-refractivity contribution in [1.29, 1.82) is 0 Å². The van der Waals surface area contributed by atoms with Gasteiger partial charge in [-0.3, -0.25) is 0 Å². The predicted octanol–water partition coefficient (Wildman–Crippen LogP) is -2.39. The molecule has 1 aliphatic heterocycles. The molecule has 0 aromatic rings. The summed E-state index contributed by atoms with van der Waals surface area (Å²) in [5.41, 5.74) is 0. The summed E-state index contributed by atoms with van der Waals surface area (Å²) in [7, 11) is 0. The van der Waals surface area contributed by atoms with Gasteiger partial charge in [0, 0.05) is 0 Å². The van der Waals surface area contributed by atoms with E-state index < -0.39 is 37.3 Å². The number of carbonyl (C=O) groups excluding carboxylic acids is 1. The molecular formula is C9H17NO6Se. The molecule has 0 aromatic heterocycles. The van der Waals surface area contributed by atoms with E-state index in [1.807, 2.05) is 0 Å². The third kappa shape index (κ3) is 3.62. The molecule has 1 aliphatic rings. The van der Waals surface area contributed by atoms with Gasteiger partial charge in [0.15, 0.2) is 0 Å².